The summed E-state index contributed by atoms with van der Waals surface area (Å²) in [5.41, 5.74) is 3.28. The molecule has 118 valence electrons. The molecule has 1 amide bonds. The van der Waals surface area contributed by atoms with Crippen LogP contribution >= 0.6 is 0 Å². The molecule has 1 aliphatic carbocycles. The van der Waals surface area contributed by atoms with Gasteiger partial charge in [0.05, 0.1) is 4.92 Å². The zero-order valence-corrected chi connectivity index (χ0v) is 12.4. The normalized spacial score (nSPS) is 19.7. The van der Waals surface area contributed by atoms with E-state index < -0.39 is 10.8 Å². The van der Waals surface area contributed by atoms with Gasteiger partial charge in [-0.3, -0.25) is 14.9 Å². The Morgan fingerprint density at radius 3 is 2.95 bits per heavy atom. The van der Waals surface area contributed by atoms with Crippen LogP contribution in [0.3, 0.4) is 0 Å². The molecule has 1 aliphatic rings. The number of nitro groups is 1. The number of amides is 1. The molecular weight excluding hydrogens is 286 g/mol. The maximum absolute atomic E-state index is 11.7. The number of para-hydroxylation sites is 2. The van der Waals surface area contributed by atoms with Gasteiger partial charge in [-0.25, -0.2) is 5.43 Å². The van der Waals surface area contributed by atoms with Gasteiger partial charge in [0.2, 0.25) is 0 Å². The topological polar surface area (TPSA) is 93.8 Å². The molecule has 1 aromatic rings. The van der Waals surface area contributed by atoms with Gasteiger partial charge in [-0.05, 0) is 31.2 Å². The summed E-state index contributed by atoms with van der Waals surface area (Å²) in [5, 5.41) is 15.0. The van der Waals surface area contributed by atoms with Crippen molar-refractivity contribution >= 4 is 17.3 Å². The van der Waals surface area contributed by atoms with Crippen molar-refractivity contribution in [2.24, 2.45) is 11.0 Å². The molecule has 1 fully saturated rings. The number of nitrogens with one attached hydrogen (secondary N) is 1. The zero-order chi connectivity index (χ0) is 15.9. The molecule has 1 N–H and O–H groups in total. The van der Waals surface area contributed by atoms with Crippen molar-refractivity contribution in [1.82, 2.24) is 5.43 Å². The fourth-order valence-corrected chi connectivity index (χ4v) is 2.38. The Hall–Kier alpha value is -2.44. The van der Waals surface area contributed by atoms with E-state index in [0.29, 0.717) is 5.92 Å². The number of ether oxygens (including phenoxy) is 1. The van der Waals surface area contributed by atoms with E-state index in [4.69, 9.17) is 4.74 Å². The van der Waals surface area contributed by atoms with Crippen LogP contribution in [0.2, 0.25) is 0 Å². The van der Waals surface area contributed by atoms with Crippen LogP contribution in [-0.2, 0) is 4.79 Å². The number of nitrogens with zero attached hydrogens (tertiary/aromatic N) is 2. The lowest BCUT2D eigenvalue weighted by Gasteiger charge is -2.19. The van der Waals surface area contributed by atoms with Crippen molar-refractivity contribution < 1.29 is 14.5 Å². The first-order valence-corrected chi connectivity index (χ1v) is 7.29. The highest BCUT2D eigenvalue weighted by atomic mass is 16.6. The third-order valence-corrected chi connectivity index (χ3v) is 3.63. The van der Waals surface area contributed by atoms with Crippen LogP contribution in [0.5, 0.6) is 5.75 Å². The summed E-state index contributed by atoms with van der Waals surface area (Å²) in [7, 11) is 0. The van der Waals surface area contributed by atoms with Gasteiger partial charge in [0.1, 0.15) is 0 Å². The Bertz CT molecular complexity index is 586. The number of carbonyl (C=O) groups is 1. The molecule has 1 saturated carbocycles. The molecule has 22 heavy (non-hydrogen) atoms. The fraction of sp³-hybridized carbons (Fsp3) is 0.467. The average molecular weight is 305 g/mol. The lowest BCUT2D eigenvalue weighted by molar-refractivity contribution is -0.385. The van der Waals surface area contributed by atoms with Crippen LogP contribution in [0.15, 0.2) is 29.4 Å². The van der Waals surface area contributed by atoms with Crippen molar-refractivity contribution in [3.05, 3.63) is 34.4 Å². The Kier molecular flexibility index (Phi) is 5.46. The predicted octanol–water partition coefficient (Wildman–Crippen LogP) is 2.66. The molecule has 0 spiro atoms. The summed E-state index contributed by atoms with van der Waals surface area (Å²) >= 11 is 0. The number of rotatable bonds is 5. The van der Waals surface area contributed by atoms with Gasteiger partial charge < -0.3 is 4.74 Å². The first kappa shape index (κ1) is 15.9. The molecule has 0 heterocycles. The lowest BCUT2D eigenvalue weighted by Crippen LogP contribution is -2.28. The lowest BCUT2D eigenvalue weighted by atomic mass is 9.89. The summed E-state index contributed by atoms with van der Waals surface area (Å²) in [6.45, 7) is 1.78. The number of benzene rings is 1. The van der Waals surface area contributed by atoms with Gasteiger partial charge in [-0.1, -0.05) is 25.5 Å². The van der Waals surface area contributed by atoms with Gasteiger partial charge in [0.25, 0.3) is 5.91 Å². The zero-order valence-electron chi connectivity index (χ0n) is 12.4. The molecule has 0 saturated heterocycles. The van der Waals surface area contributed by atoms with E-state index in [0.717, 1.165) is 25.0 Å². The van der Waals surface area contributed by atoms with E-state index >= 15 is 0 Å². The second-order valence-electron chi connectivity index (χ2n) is 5.30. The van der Waals surface area contributed by atoms with E-state index in [1.807, 2.05) is 0 Å². The SMILES string of the molecule is C[C@@H]1CCCC/C1=N/NC(=O)COc1ccccc1[N+](=O)[O-]. The number of nitro benzene ring substituents is 1. The van der Waals surface area contributed by atoms with Gasteiger partial charge in [0, 0.05) is 11.8 Å². The standard InChI is InChI=1S/C15H19N3O4/c1-11-6-2-3-7-12(11)16-17-15(19)10-22-14-9-5-4-8-13(14)18(20)21/h4-5,8-9,11H,2-3,6-7,10H2,1H3,(H,17,19)/b16-12-/t11-/m1/s1. The maximum Gasteiger partial charge on any atom is 0.310 e. The molecule has 7 nitrogen and oxygen atoms in total. The summed E-state index contributed by atoms with van der Waals surface area (Å²) in [6.07, 6.45) is 4.26. The Morgan fingerprint density at radius 2 is 2.23 bits per heavy atom. The summed E-state index contributed by atoms with van der Waals surface area (Å²) in [4.78, 5) is 22.0. The van der Waals surface area contributed by atoms with Crippen LogP contribution < -0.4 is 10.2 Å². The van der Waals surface area contributed by atoms with Crippen molar-refractivity contribution in [1.29, 1.82) is 0 Å². The first-order valence-electron chi connectivity index (χ1n) is 7.29. The Labute approximate surface area is 128 Å². The van der Waals surface area contributed by atoms with E-state index in [-0.39, 0.29) is 18.0 Å². The van der Waals surface area contributed by atoms with Gasteiger partial charge in [-0.2, -0.15) is 5.10 Å². The first-order chi connectivity index (χ1) is 10.6. The van der Waals surface area contributed by atoms with Crippen LogP contribution in [0.4, 0.5) is 5.69 Å². The smallest absolute Gasteiger partial charge is 0.310 e. The highest BCUT2D eigenvalue weighted by Crippen LogP contribution is 2.25. The molecule has 1 atom stereocenters. The highest BCUT2D eigenvalue weighted by molar-refractivity contribution is 5.88. The van der Waals surface area contributed by atoms with Crippen LogP contribution in [0.1, 0.15) is 32.6 Å². The molecule has 2 rings (SSSR count). The van der Waals surface area contributed by atoms with E-state index in [1.165, 1.54) is 18.6 Å². The van der Waals surface area contributed by atoms with Crippen LogP contribution in [0.25, 0.3) is 0 Å². The molecule has 0 radical (unpaired) electrons. The fourth-order valence-electron chi connectivity index (χ4n) is 2.38. The van der Waals surface area contributed by atoms with E-state index in [9.17, 15) is 14.9 Å². The molecule has 0 aliphatic heterocycles. The van der Waals surface area contributed by atoms with Gasteiger partial charge >= 0.3 is 5.69 Å². The van der Waals surface area contributed by atoms with Crippen LogP contribution in [-0.4, -0.2) is 23.1 Å². The molecule has 7 heteroatoms. The summed E-state index contributed by atoms with van der Waals surface area (Å²) in [6, 6.07) is 5.95. The molecular formula is C15H19N3O4. The minimum Gasteiger partial charge on any atom is -0.477 e. The van der Waals surface area contributed by atoms with Crippen molar-refractivity contribution in [2.75, 3.05) is 6.61 Å². The third-order valence-electron chi connectivity index (χ3n) is 3.63. The maximum atomic E-state index is 11.7. The number of hydrazone groups is 1. The molecule has 0 aromatic heterocycles. The predicted molar refractivity (Wildman–Crippen MR) is 81.8 cm³/mol. The summed E-state index contributed by atoms with van der Waals surface area (Å²) < 4.78 is 5.20. The van der Waals surface area contributed by atoms with E-state index in [2.05, 4.69) is 17.5 Å². The second-order valence-corrected chi connectivity index (χ2v) is 5.30. The number of carbonyl (C=O) groups excluding carboxylic acids is 1. The number of hydrogen-bond donors (Lipinski definition) is 1. The Morgan fingerprint density at radius 1 is 1.45 bits per heavy atom. The van der Waals surface area contributed by atoms with Crippen molar-refractivity contribution in [3.63, 3.8) is 0 Å². The van der Waals surface area contributed by atoms with E-state index in [1.54, 1.807) is 12.1 Å². The number of hydrogen-bond acceptors (Lipinski definition) is 5. The molecule has 0 unspecified atom stereocenters. The molecule has 0 bridgehead atoms. The van der Waals surface area contributed by atoms with Crippen LogP contribution in [0, 0.1) is 16.0 Å². The largest absolute Gasteiger partial charge is 0.477 e. The monoisotopic (exact) mass is 305 g/mol. The average Bonchev–Trinajstić information content (AvgIpc) is 2.52. The minimum atomic E-state index is -0.544. The molecule has 1 aromatic carbocycles. The third kappa shape index (κ3) is 4.28. The quantitative estimate of drug-likeness (QED) is 0.668. The van der Waals surface area contributed by atoms with Gasteiger partial charge in [0.15, 0.2) is 12.4 Å². The Balaban J connectivity index is 1.88. The van der Waals surface area contributed by atoms with Gasteiger partial charge in [-0.15, -0.1) is 0 Å². The van der Waals surface area contributed by atoms with Crippen molar-refractivity contribution in [3.8, 4) is 5.75 Å². The minimum absolute atomic E-state index is 0.0707. The summed E-state index contributed by atoms with van der Waals surface area (Å²) in [5.74, 6) is 0.0231. The highest BCUT2D eigenvalue weighted by Gasteiger charge is 2.17. The second kappa shape index (κ2) is 7.53. The van der Waals surface area contributed by atoms with Crippen molar-refractivity contribution in [2.45, 2.75) is 32.6 Å².